The number of nitrogens with one attached hydrogen (secondary N) is 2. The van der Waals surface area contributed by atoms with Gasteiger partial charge in [-0.1, -0.05) is 0 Å². The summed E-state index contributed by atoms with van der Waals surface area (Å²) in [4.78, 5) is 22.7. The molecule has 3 N–H and O–H groups in total. The molecule has 6 heteroatoms. The fraction of sp³-hybridized carbons (Fsp3) is 0.846. The highest BCUT2D eigenvalue weighted by atomic mass is 16.6. The molecule has 0 radical (unpaired) electrons. The second-order valence-electron chi connectivity index (χ2n) is 5.94. The summed E-state index contributed by atoms with van der Waals surface area (Å²) in [6.45, 7) is 7.06. The zero-order valence-electron chi connectivity index (χ0n) is 11.9. The highest BCUT2D eigenvalue weighted by Crippen LogP contribution is 2.19. The second kappa shape index (κ2) is 6.75. The molecule has 19 heavy (non-hydrogen) atoms. The van der Waals surface area contributed by atoms with E-state index in [1.165, 1.54) is 0 Å². The molecule has 1 amide bonds. The highest BCUT2D eigenvalue weighted by Gasteiger charge is 2.28. The van der Waals surface area contributed by atoms with Crippen molar-refractivity contribution in [2.24, 2.45) is 5.92 Å². The van der Waals surface area contributed by atoms with E-state index in [1.54, 1.807) is 20.8 Å². The van der Waals surface area contributed by atoms with Crippen LogP contribution < -0.4 is 10.6 Å². The predicted molar refractivity (Wildman–Crippen MR) is 71.0 cm³/mol. The van der Waals surface area contributed by atoms with Crippen molar-refractivity contribution in [3.63, 3.8) is 0 Å². The number of carbonyl (C=O) groups is 2. The molecule has 6 nitrogen and oxygen atoms in total. The Morgan fingerprint density at radius 1 is 1.37 bits per heavy atom. The van der Waals surface area contributed by atoms with Crippen LogP contribution >= 0.6 is 0 Å². The van der Waals surface area contributed by atoms with Gasteiger partial charge < -0.3 is 20.5 Å². The molecule has 0 aromatic heterocycles. The molecule has 1 rings (SSSR count). The van der Waals surface area contributed by atoms with Crippen molar-refractivity contribution in [1.82, 2.24) is 10.6 Å². The number of hydrogen-bond donors (Lipinski definition) is 3. The Labute approximate surface area is 113 Å². The van der Waals surface area contributed by atoms with Crippen LogP contribution in [0.5, 0.6) is 0 Å². The standard InChI is InChI=1S/C13H24N2O4/c1-13(2,3)19-12(18)15-10(8-11(16)17)9-4-6-14-7-5-9/h9-10,14H,4-8H2,1-3H3,(H,15,18)(H,16,17)/t10-/m0/s1. The van der Waals surface area contributed by atoms with Gasteiger partial charge in [-0.25, -0.2) is 4.79 Å². The monoisotopic (exact) mass is 272 g/mol. The summed E-state index contributed by atoms with van der Waals surface area (Å²) in [5, 5.41) is 14.9. The molecule has 0 saturated carbocycles. The number of amides is 1. The Morgan fingerprint density at radius 2 is 1.95 bits per heavy atom. The van der Waals surface area contributed by atoms with E-state index in [0.717, 1.165) is 25.9 Å². The number of carboxylic acids is 1. The van der Waals surface area contributed by atoms with Crippen LogP contribution in [0, 0.1) is 5.92 Å². The minimum Gasteiger partial charge on any atom is -0.481 e. The minimum absolute atomic E-state index is 0.0656. The van der Waals surface area contributed by atoms with Crippen LogP contribution in [-0.2, 0) is 9.53 Å². The maximum Gasteiger partial charge on any atom is 0.407 e. The Bertz CT molecular complexity index is 319. The first-order chi connectivity index (χ1) is 8.78. The number of alkyl carbamates (subject to hydrolysis) is 1. The van der Waals surface area contributed by atoms with E-state index in [2.05, 4.69) is 10.6 Å². The molecule has 0 aliphatic carbocycles. The lowest BCUT2D eigenvalue weighted by Crippen LogP contribution is -2.47. The third-order valence-corrected chi connectivity index (χ3v) is 3.05. The quantitative estimate of drug-likeness (QED) is 0.719. The van der Waals surface area contributed by atoms with Crippen molar-refractivity contribution in [2.45, 2.75) is 51.7 Å². The van der Waals surface area contributed by atoms with E-state index in [-0.39, 0.29) is 18.4 Å². The zero-order chi connectivity index (χ0) is 14.5. The third-order valence-electron chi connectivity index (χ3n) is 3.05. The van der Waals surface area contributed by atoms with E-state index in [1.807, 2.05) is 0 Å². The number of aliphatic carboxylic acids is 1. The molecule has 1 fully saturated rings. The summed E-state index contributed by atoms with van der Waals surface area (Å²) in [5.74, 6) is -0.718. The molecule has 0 unspecified atom stereocenters. The second-order valence-corrected chi connectivity index (χ2v) is 5.94. The summed E-state index contributed by atoms with van der Waals surface area (Å²) in [7, 11) is 0. The molecule has 0 spiro atoms. The molecule has 1 aliphatic heterocycles. The predicted octanol–water partition coefficient (Wildman–Crippen LogP) is 1.35. The Kier molecular flexibility index (Phi) is 5.60. The van der Waals surface area contributed by atoms with Crippen LogP contribution in [0.25, 0.3) is 0 Å². The molecule has 0 bridgehead atoms. The van der Waals surface area contributed by atoms with E-state index in [0.29, 0.717) is 0 Å². The van der Waals surface area contributed by atoms with Gasteiger partial charge in [0.05, 0.1) is 6.42 Å². The molecule has 1 heterocycles. The van der Waals surface area contributed by atoms with Gasteiger partial charge >= 0.3 is 12.1 Å². The van der Waals surface area contributed by atoms with Crippen molar-refractivity contribution in [3.8, 4) is 0 Å². The summed E-state index contributed by atoms with van der Waals surface area (Å²) >= 11 is 0. The first-order valence-corrected chi connectivity index (χ1v) is 6.70. The largest absolute Gasteiger partial charge is 0.481 e. The van der Waals surface area contributed by atoms with Gasteiger partial charge in [0.2, 0.25) is 0 Å². The lowest BCUT2D eigenvalue weighted by Gasteiger charge is -2.31. The lowest BCUT2D eigenvalue weighted by atomic mass is 9.88. The fourth-order valence-electron chi connectivity index (χ4n) is 2.23. The van der Waals surface area contributed by atoms with Gasteiger partial charge in [0.1, 0.15) is 5.60 Å². The average molecular weight is 272 g/mol. The number of rotatable bonds is 4. The van der Waals surface area contributed by atoms with Crippen molar-refractivity contribution in [3.05, 3.63) is 0 Å². The SMILES string of the molecule is CC(C)(C)OC(=O)N[C@@H](CC(=O)O)C1CCNCC1. The maximum absolute atomic E-state index is 11.8. The number of piperidine rings is 1. The van der Waals surface area contributed by atoms with Crippen LogP contribution in [0.4, 0.5) is 4.79 Å². The Hall–Kier alpha value is -1.30. The molecule has 110 valence electrons. The van der Waals surface area contributed by atoms with Gasteiger partial charge in [-0.2, -0.15) is 0 Å². The van der Waals surface area contributed by atoms with Gasteiger partial charge in [-0.15, -0.1) is 0 Å². The van der Waals surface area contributed by atoms with Crippen molar-refractivity contribution < 1.29 is 19.4 Å². The smallest absolute Gasteiger partial charge is 0.407 e. The highest BCUT2D eigenvalue weighted by molar-refractivity contribution is 5.71. The normalized spacial score (nSPS) is 18.7. The lowest BCUT2D eigenvalue weighted by molar-refractivity contribution is -0.137. The van der Waals surface area contributed by atoms with Gasteiger partial charge in [0.25, 0.3) is 0 Å². The number of carbonyl (C=O) groups excluding carboxylic acids is 1. The Morgan fingerprint density at radius 3 is 2.42 bits per heavy atom. The van der Waals surface area contributed by atoms with Crippen LogP contribution in [0.15, 0.2) is 0 Å². The van der Waals surface area contributed by atoms with Crippen molar-refractivity contribution >= 4 is 12.1 Å². The first-order valence-electron chi connectivity index (χ1n) is 6.70. The van der Waals surface area contributed by atoms with E-state index in [4.69, 9.17) is 9.84 Å². The number of ether oxygens (including phenoxy) is 1. The molecular formula is C13H24N2O4. The zero-order valence-corrected chi connectivity index (χ0v) is 11.9. The average Bonchev–Trinajstić information content (AvgIpc) is 2.26. The van der Waals surface area contributed by atoms with Crippen LogP contribution in [0.1, 0.15) is 40.0 Å². The van der Waals surface area contributed by atoms with Crippen molar-refractivity contribution in [2.75, 3.05) is 13.1 Å². The summed E-state index contributed by atoms with van der Waals surface area (Å²) < 4.78 is 5.18. The number of hydrogen-bond acceptors (Lipinski definition) is 4. The van der Waals surface area contributed by atoms with Crippen LogP contribution in [0.2, 0.25) is 0 Å². The molecule has 1 saturated heterocycles. The van der Waals surface area contributed by atoms with Gasteiger partial charge in [0, 0.05) is 6.04 Å². The molecule has 0 aromatic carbocycles. The van der Waals surface area contributed by atoms with Gasteiger partial charge in [-0.3, -0.25) is 4.79 Å². The van der Waals surface area contributed by atoms with E-state index >= 15 is 0 Å². The first kappa shape index (κ1) is 15.8. The summed E-state index contributed by atoms with van der Waals surface area (Å²) in [5.41, 5.74) is -0.577. The molecule has 0 aromatic rings. The topological polar surface area (TPSA) is 87.7 Å². The summed E-state index contributed by atoms with van der Waals surface area (Å²) in [6, 6.07) is -0.366. The maximum atomic E-state index is 11.8. The minimum atomic E-state index is -0.903. The van der Waals surface area contributed by atoms with Crippen molar-refractivity contribution in [1.29, 1.82) is 0 Å². The van der Waals surface area contributed by atoms with Gasteiger partial charge in [0.15, 0.2) is 0 Å². The van der Waals surface area contributed by atoms with Gasteiger partial charge in [-0.05, 0) is 52.6 Å². The Balaban J connectivity index is 2.58. The number of carboxylic acid groups (broad SMARTS) is 1. The van der Waals surface area contributed by atoms with E-state index < -0.39 is 17.7 Å². The van der Waals surface area contributed by atoms with Crippen LogP contribution in [-0.4, -0.2) is 41.9 Å². The molecule has 1 atom stereocenters. The van der Waals surface area contributed by atoms with Crippen LogP contribution in [0.3, 0.4) is 0 Å². The fourth-order valence-corrected chi connectivity index (χ4v) is 2.23. The molecule has 1 aliphatic rings. The van der Waals surface area contributed by atoms with E-state index in [9.17, 15) is 9.59 Å². The summed E-state index contributed by atoms with van der Waals surface area (Å²) in [6.07, 6.45) is 1.13. The third kappa shape index (κ3) is 6.42. The molecular weight excluding hydrogens is 248 g/mol.